The Bertz CT molecular complexity index is 1270. The van der Waals surface area contributed by atoms with E-state index < -0.39 is 5.97 Å². The molecule has 0 spiro atoms. The van der Waals surface area contributed by atoms with Gasteiger partial charge in [-0.1, -0.05) is 28.1 Å². The number of benzene rings is 3. The Morgan fingerprint density at radius 3 is 2.14 bits per heavy atom. The van der Waals surface area contributed by atoms with Crippen LogP contribution >= 0.6 is 15.9 Å². The molecule has 1 heterocycles. The molecule has 1 fully saturated rings. The van der Waals surface area contributed by atoms with Crippen molar-refractivity contribution in [3.8, 4) is 17.2 Å². The van der Waals surface area contributed by atoms with E-state index in [1.165, 1.54) is 6.07 Å². The first-order chi connectivity index (χ1) is 17.8. The molecule has 1 aliphatic heterocycles. The highest BCUT2D eigenvalue weighted by Crippen LogP contribution is 2.26. The molecule has 2 N–H and O–H groups in total. The van der Waals surface area contributed by atoms with Crippen molar-refractivity contribution in [3.05, 3.63) is 82.3 Å². The lowest BCUT2D eigenvalue weighted by molar-refractivity contribution is -0.130. The number of nitrogens with zero attached hydrogens (tertiary/aromatic N) is 1. The molecule has 1 saturated heterocycles. The molecule has 37 heavy (non-hydrogen) atoms. The van der Waals surface area contributed by atoms with Crippen molar-refractivity contribution in [2.45, 2.75) is 32.3 Å². The number of halogens is 1. The van der Waals surface area contributed by atoms with Crippen LogP contribution in [0.25, 0.3) is 0 Å². The predicted molar refractivity (Wildman–Crippen MR) is 142 cm³/mol. The molecular weight excluding hydrogens is 540 g/mol. The average molecular weight is 567 g/mol. The molecule has 0 radical (unpaired) electrons. The van der Waals surface area contributed by atoms with Crippen LogP contribution in [0.5, 0.6) is 17.2 Å². The van der Waals surface area contributed by atoms with Gasteiger partial charge >= 0.3 is 5.97 Å². The molecule has 192 valence electrons. The van der Waals surface area contributed by atoms with Crippen molar-refractivity contribution >= 4 is 39.4 Å². The number of rotatable bonds is 8. The third-order valence-corrected chi connectivity index (χ3v) is 6.52. The minimum absolute atomic E-state index is 0.0232. The summed E-state index contributed by atoms with van der Waals surface area (Å²) in [4.78, 5) is 37.2. The third kappa shape index (κ3) is 7.33. The molecule has 0 saturated carbocycles. The van der Waals surface area contributed by atoms with Crippen LogP contribution in [-0.2, 0) is 16.0 Å². The lowest BCUT2D eigenvalue weighted by atomic mass is 10.1. The summed E-state index contributed by atoms with van der Waals surface area (Å²) in [6.07, 6.45) is 1.80. The van der Waals surface area contributed by atoms with E-state index >= 15 is 0 Å². The van der Waals surface area contributed by atoms with Gasteiger partial charge < -0.3 is 24.8 Å². The molecule has 0 unspecified atom stereocenters. The Labute approximate surface area is 223 Å². The van der Waals surface area contributed by atoms with Gasteiger partial charge in [-0.05, 0) is 60.2 Å². The van der Waals surface area contributed by atoms with Gasteiger partial charge in [-0.25, -0.2) is 4.79 Å². The zero-order chi connectivity index (χ0) is 26.4. The maximum Gasteiger partial charge on any atom is 0.337 e. The summed E-state index contributed by atoms with van der Waals surface area (Å²) >= 11 is 3.29. The number of carbonyl (C=O) groups excluding carboxylic acids is 2. The van der Waals surface area contributed by atoms with Crippen molar-refractivity contribution in [3.63, 3.8) is 0 Å². The number of hydrogen-bond donors (Lipinski definition) is 2. The smallest absolute Gasteiger partial charge is 0.337 e. The van der Waals surface area contributed by atoms with Crippen molar-refractivity contribution < 1.29 is 29.0 Å². The molecule has 8 nitrogen and oxygen atoms in total. The Hall–Kier alpha value is -3.85. The maximum absolute atomic E-state index is 12.5. The van der Waals surface area contributed by atoms with Crippen LogP contribution in [0.3, 0.4) is 0 Å². The third-order valence-electron chi connectivity index (χ3n) is 6.02. The number of anilines is 1. The highest BCUT2D eigenvalue weighted by molar-refractivity contribution is 9.10. The van der Waals surface area contributed by atoms with E-state index in [-0.39, 0.29) is 35.6 Å². The van der Waals surface area contributed by atoms with Crippen molar-refractivity contribution in [1.82, 2.24) is 4.90 Å². The van der Waals surface area contributed by atoms with Gasteiger partial charge in [0.2, 0.25) is 11.8 Å². The van der Waals surface area contributed by atoms with Crippen LogP contribution in [0.15, 0.2) is 71.2 Å². The van der Waals surface area contributed by atoms with Crippen LogP contribution in [0.4, 0.5) is 5.69 Å². The zero-order valence-electron chi connectivity index (χ0n) is 20.3. The van der Waals surface area contributed by atoms with Crippen LogP contribution < -0.4 is 14.8 Å². The fourth-order valence-corrected chi connectivity index (χ4v) is 4.43. The number of aromatic carboxylic acids is 1. The van der Waals surface area contributed by atoms with E-state index in [0.29, 0.717) is 29.1 Å². The standard InChI is InChI=1S/C28H27BrN2O6/c1-18(32)31-14-12-24(13-15-31)37-23-9-7-22(8-10-23)36-21-5-2-19(3-6-21)16-27(33)30-26-17-20(29)4-11-25(26)28(34)35/h2-11,17,24H,12-16H2,1H3,(H,30,33)(H,34,35). The molecule has 4 rings (SSSR count). The lowest BCUT2D eigenvalue weighted by Gasteiger charge is -2.31. The summed E-state index contributed by atoms with van der Waals surface area (Å²) in [5.41, 5.74) is 1.02. The number of amides is 2. The normalized spacial score (nSPS) is 13.6. The molecule has 3 aromatic carbocycles. The van der Waals surface area contributed by atoms with E-state index in [9.17, 15) is 19.5 Å². The minimum Gasteiger partial charge on any atom is -0.490 e. The summed E-state index contributed by atoms with van der Waals surface area (Å²) < 4.78 is 12.6. The van der Waals surface area contributed by atoms with E-state index in [2.05, 4.69) is 21.2 Å². The van der Waals surface area contributed by atoms with E-state index in [1.54, 1.807) is 43.3 Å². The Balaban J connectivity index is 1.28. The summed E-state index contributed by atoms with van der Waals surface area (Å²) in [5.74, 6) is 0.697. The van der Waals surface area contributed by atoms with Gasteiger partial charge in [-0.2, -0.15) is 0 Å². The molecule has 0 atom stereocenters. The first-order valence-electron chi connectivity index (χ1n) is 11.9. The number of carboxylic acid groups (broad SMARTS) is 1. The molecule has 0 aromatic heterocycles. The second-order valence-corrected chi connectivity index (χ2v) is 9.68. The molecular formula is C28H27BrN2O6. The number of hydrogen-bond acceptors (Lipinski definition) is 5. The number of likely N-dealkylation sites (tertiary alicyclic amines) is 1. The number of ether oxygens (including phenoxy) is 2. The molecule has 3 aromatic rings. The van der Waals surface area contributed by atoms with E-state index in [4.69, 9.17) is 9.47 Å². The van der Waals surface area contributed by atoms with Crippen molar-refractivity contribution in [2.75, 3.05) is 18.4 Å². The van der Waals surface area contributed by atoms with Crippen LogP contribution in [-0.4, -0.2) is 47.0 Å². The Morgan fingerprint density at radius 2 is 1.54 bits per heavy atom. The second kappa shape index (κ2) is 11.9. The summed E-state index contributed by atoms with van der Waals surface area (Å²) in [7, 11) is 0. The first kappa shape index (κ1) is 26.2. The molecule has 9 heteroatoms. The van der Waals surface area contributed by atoms with Crippen LogP contribution in [0.2, 0.25) is 0 Å². The zero-order valence-corrected chi connectivity index (χ0v) is 21.9. The van der Waals surface area contributed by atoms with Crippen molar-refractivity contribution in [2.24, 2.45) is 0 Å². The number of piperidine rings is 1. The quantitative estimate of drug-likeness (QED) is 0.372. The second-order valence-electron chi connectivity index (χ2n) is 8.76. The van der Waals surface area contributed by atoms with Crippen molar-refractivity contribution in [1.29, 1.82) is 0 Å². The van der Waals surface area contributed by atoms with Gasteiger partial charge in [0.25, 0.3) is 0 Å². The molecule has 2 amide bonds. The molecule has 0 aliphatic carbocycles. The monoisotopic (exact) mass is 566 g/mol. The van der Waals surface area contributed by atoms with Gasteiger partial charge in [0.15, 0.2) is 0 Å². The maximum atomic E-state index is 12.5. The van der Waals surface area contributed by atoms with Gasteiger partial charge in [0, 0.05) is 37.3 Å². The first-order valence-corrected chi connectivity index (χ1v) is 12.7. The SMILES string of the molecule is CC(=O)N1CCC(Oc2ccc(Oc3ccc(CC(=O)Nc4cc(Br)ccc4C(=O)O)cc3)cc2)CC1. The summed E-state index contributed by atoms with van der Waals surface area (Å²) in [6, 6.07) is 19.1. The number of nitrogens with one attached hydrogen (secondary N) is 1. The summed E-state index contributed by atoms with van der Waals surface area (Å²) in [5, 5.41) is 12.0. The number of carboxylic acids is 1. The molecule has 0 bridgehead atoms. The Kier molecular flexibility index (Phi) is 8.45. The van der Waals surface area contributed by atoms with Gasteiger partial charge in [-0.3, -0.25) is 9.59 Å². The van der Waals surface area contributed by atoms with Gasteiger partial charge in [0.05, 0.1) is 17.7 Å². The lowest BCUT2D eigenvalue weighted by Crippen LogP contribution is -2.40. The van der Waals surface area contributed by atoms with Crippen LogP contribution in [0.1, 0.15) is 35.7 Å². The average Bonchev–Trinajstić information content (AvgIpc) is 2.86. The Morgan fingerprint density at radius 1 is 0.946 bits per heavy atom. The highest BCUT2D eigenvalue weighted by atomic mass is 79.9. The van der Waals surface area contributed by atoms with E-state index in [0.717, 1.165) is 24.2 Å². The topological polar surface area (TPSA) is 105 Å². The van der Waals surface area contributed by atoms with E-state index in [1.807, 2.05) is 29.2 Å². The molecule has 1 aliphatic rings. The largest absolute Gasteiger partial charge is 0.490 e. The van der Waals surface area contributed by atoms with Crippen LogP contribution in [0, 0.1) is 0 Å². The predicted octanol–water partition coefficient (Wildman–Crippen LogP) is 5.51. The highest BCUT2D eigenvalue weighted by Gasteiger charge is 2.22. The van der Waals surface area contributed by atoms with Gasteiger partial charge in [-0.15, -0.1) is 0 Å². The number of carbonyl (C=O) groups is 3. The fourth-order valence-electron chi connectivity index (χ4n) is 4.06. The van der Waals surface area contributed by atoms with Gasteiger partial charge in [0.1, 0.15) is 23.4 Å². The summed E-state index contributed by atoms with van der Waals surface area (Å²) in [6.45, 7) is 3.02. The fraction of sp³-hybridized carbons (Fsp3) is 0.250. The minimum atomic E-state index is -1.11.